The Bertz CT molecular complexity index is 1180. The van der Waals surface area contributed by atoms with Crippen LogP contribution in [-0.4, -0.2) is 60.8 Å². The molecule has 1 N–H and O–H groups in total. The Hall–Kier alpha value is -3.46. The van der Waals surface area contributed by atoms with Crippen LogP contribution >= 0.6 is 0 Å². The third-order valence-electron chi connectivity index (χ3n) is 5.22. The lowest BCUT2D eigenvalue weighted by Crippen LogP contribution is -2.37. The summed E-state index contributed by atoms with van der Waals surface area (Å²) in [6.45, 7) is 6.90. The highest BCUT2D eigenvalue weighted by Crippen LogP contribution is 2.28. The van der Waals surface area contributed by atoms with Crippen LogP contribution in [0.25, 0.3) is 22.7 Å². The lowest BCUT2D eigenvalue weighted by Gasteiger charge is -2.29. The van der Waals surface area contributed by atoms with Crippen LogP contribution in [0.3, 0.4) is 0 Å². The van der Waals surface area contributed by atoms with Crippen LogP contribution in [0.2, 0.25) is 0 Å². The van der Waals surface area contributed by atoms with Gasteiger partial charge in [0.25, 0.3) is 0 Å². The largest absolute Gasteiger partial charge is 0.493 e. The van der Waals surface area contributed by atoms with Crippen molar-refractivity contribution in [1.82, 2.24) is 29.4 Å². The third kappa shape index (κ3) is 3.26. The van der Waals surface area contributed by atoms with Gasteiger partial charge in [0, 0.05) is 49.2 Å². The van der Waals surface area contributed by atoms with Crippen LogP contribution in [0.5, 0.6) is 5.88 Å². The van der Waals surface area contributed by atoms with E-state index >= 15 is 0 Å². The minimum absolute atomic E-state index is 0.0670. The molecule has 154 valence electrons. The van der Waals surface area contributed by atoms with Gasteiger partial charge in [0.1, 0.15) is 5.82 Å². The number of hydrogen-bond donors (Lipinski definition) is 1. The van der Waals surface area contributed by atoms with Gasteiger partial charge >= 0.3 is 0 Å². The molecule has 4 aromatic heterocycles. The van der Waals surface area contributed by atoms with E-state index in [4.69, 9.17) is 14.8 Å². The van der Waals surface area contributed by atoms with Crippen LogP contribution in [0.1, 0.15) is 25.5 Å². The second kappa shape index (κ2) is 7.42. The fourth-order valence-electron chi connectivity index (χ4n) is 3.58. The van der Waals surface area contributed by atoms with Crippen LogP contribution in [0.15, 0.2) is 42.7 Å². The zero-order valence-electron chi connectivity index (χ0n) is 16.9. The summed E-state index contributed by atoms with van der Waals surface area (Å²) < 4.78 is 8.85. The summed E-state index contributed by atoms with van der Waals surface area (Å²) >= 11 is 0. The first-order chi connectivity index (χ1) is 14.6. The van der Waals surface area contributed by atoms with E-state index in [1.807, 2.05) is 42.6 Å². The molecule has 1 aliphatic heterocycles. The normalized spacial score (nSPS) is 14.7. The number of nitrogens with zero attached hydrogens (tertiary/aromatic N) is 7. The standard InChI is InChI=1S/C21H23N7O2/c1-14(2)16-12-21(29)28(24-16)19-13-20(26-7-9-30-10-8-26)27-18(23-19)11-17(25-27)15-3-5-22-6-4-15/h3-6,11-14,29H,7-10H2,1-2H3. The maximum absolute atomic E-state index is 10.5. The maximum atomic E-state index is 10.5. The van der Waals surface area contributed by atoms with Gasteiger partial charge in [-0.05, 0) is 18.1 Å². The minimum Gasteiger partial charge on any atom is -0.493 e. The Morgan fingerprint density at radius 3 is 2.50 bits per heavy atom. The monoisotopic (exact) mass is 405 g/mol. The number of aromatic nitrogens is 6. The smallest absolute Gasteiger partial charge is 0.215 e. The van der Waals surface area contributed by atoms with Gasteiger partial charge in [-0.1, -0.05) is 13.8 Å². The summed E-state index contributed by atoms with van der Waals surface area (Å²) in [5.41, 5.74) is 3.27. The Balaban J connectivity index is 1.68. The first-order valence-corrected chi connectivity index (χ1v) is 10.0. The molecule has 4 aromatic rings. The molecule has 5 rings (SSSR count). The second-order valence-electron chi connectivity index (χ2n) is 7.60. The third-order valence-corrected chi connectivity index (χ3v) is 5.22. The fourth-order valence-corrected chi connectivity index (χ4v) is 3.58. The molecule has 0 aromatic carbocycles. The maximum Gasteiger partial charge on any atom is 0.215 e. The van der Waals surface area contributed by atoms with Crippen molar-refractivity contribution in [2.45, 2.75) is 19.8 Å². The highest BCUT2D eigenvalue weighted by Gasteiger charge is 2.20. The molecule has 0 bridgehead atoms. The van der Waals surface area contributed by atoms with Crippen LogP contribution in [0.4, 0.5) is 5.82 Å². The van der Waals surface area contributed by atoms with Crippen molar-refractivity contribution in [3.63, 3.8) is 0 Å². The van der Waals surface area contributed by atoms with E-state index in [9.17, 15) is 5.11 Å². The van der Waals surface area contributed by atoms with Crippen molar-refractivity contribution in [1.29, 1.82) is 0 Å². The second-order valence-corrected chi connectivity index (χ2v) is 7.60. The molecular formula is C21H23N7O2. The molecule has 1 saturated heterocycles. The van der Waals surface area contributed by atoms with Crippen LogP contribution in [-0.2, 0) is 4.74 Å². The quantitative estimate of drug-likeness (QED) is 0.558. The number of hydrogen-bond acceptors (Lipinski definition) is 7. The summed E-state index contributed by atoms with van der Waals surface area (Å²) in [6.07, 6.45) is 3.49. The predicted molar refractivity (Wildman–Crippen MR) is 112 cm³/mol. The van der Waals surface area contributed by atoms with Crippen molar-refractivity contribution < 1.29 is 9.84 Å². The molecule has 1 fully saturated rings. The van der Waals surface area contributed by atoms with Crippen molar-refractivity contribution in [2.24, 2.45) is 0 Å². The summed E-state index contributed by atoms with van der Waals surface area (Å²) in [7, 11) is 0. The van der Waals surface area contributed by atoms with Crippen molar-refractivity contribution in [2.75, 3.05) is 31.2 Å². The molecule has 0 unspecified atom stereocenters. The summed E-state index contributed by atoms with van der Waals surface area (Å²) in [4.78, 5) is 11.0. The lowest BCUT2D eigenvalue weighted by molar-refractivity contribution is 0.122. The topological polar surface area (TPSA) is 93.6 Å². The predicted octanol–water partition coefficient (Wildman–Crippen LogP) is 2.64. The summed E-state index contributed by atoms with van der Waals surface area (Å²) in [5, 5.41) is 19.8. The summed E-state index contributed by atoms with van der Waals surface area (Å²) in [5.74, 6) is 1.71. The molecule has 0 saturated carbocycles. The summed E-state index contributed by atoms with van der Waals surface area (Å²) in [6, 6.07) is 9.38. The number of ether oxygens (including phenoxy) is 1. The number of aromatic hydroxyl groups is 1. The van der Waals surface area contributed by atoms with Gasteiger partial charge in [-0.25, -0.2) is 4.98 Å². The molecule has 9 nitrogen and oxygen atoms in total. The Kier molecular flexibility index (Phi) is 4.59. The number of pyridine rings is 1. The lowest BCUT2D eigenvalue weighted by atomic mass is 10.1. The van der Waals surface area contributed by atoms with Crippen LogP contribution < -0.4 is 4.90 Å². The van der Waals surface area contributed by atoms with Crippen molar-refractivity contribution in [3.8, 4) is 23.0 Å². The average Bonchev–Trinajstić information content (AvgIpc) is 3.38. The van der Waals surface area contributed by atoms with Gasteiger partial charge in [-0.15, -0.1) is 0 Å². The first kappa shape index (κ1) is 18.6. The Labute approximate surface area is 173 Å². The molecule has 0 radical (unpaired) electrons. The molecular weight excluding hydrogens is 382 g/mol. The first-order valence-electron chi connectivity index (χ1n) is 10.0. The van der Waals surface area contributed by atoms with Crippen molar-refractivity contribution >= 4 is 11.5 Å². The van der Waals surface area contributed by atoms with Gasteiger partial charge in [0.2, 0.25) is 5.88 Å². The molecule has 0 atom stereocenters. The van der Waals surface area contributed by atoms with E-state index in [0.717, 1.165) is 35.9 Å². The number of morpholine rings is 1. The van der Waals surface area contributed by atoms with E-state index in [1.54, 1.807) is 18.5 Å². The number of rotatable bonds is 4. The van der Waals surface area contributed by atoms with E-state index in [2.05, 4.69) is 15.0 Å². The zero-order valence-corrected chi connectivity index (χ0v) is 16.9. The molecule has 30 heavy (non-hydrogen) atoms. The van der Waals surface area contributed by atoms with Crippen molar-refractivity contribution in [3.05, 3.63) is 48.4 Å². The highest BCUT2D eigenvalue weighted by atomic mass is 16.5. The number of anilines is 1. The molecule has 0 aliphatic carbocycles. The highest BCUT2D eigenvalue weighted by molar-refractivity contribution is 5.66. The minimum atomic E-state index is 0.0670. The zero-order chi connectivity index (χ0) is 20.7. The van der Waals surface area contributed by atoms with Gasteiger partial charge in [-0.3, -0.25) is 4.98 Å². The SMILES string of the molecule is CC(C)c1cc(O)n(-c2cc(N3CCOCC3)n3nc(-c4ccncc4)cc3n2)n1. The van der Waals surface area contributed by atoms with E-state index in [0.29, 0.717) is 24.7 Å². The van der Waals surface area contributed by atoms with E-state index in [-0.39, 0.29) is 11.8 Å². The Morgan fingerprint density at radius 2 is 1.80 bits per heavy atom. The van der Waals surface area contributed by atoms with E-state index in [1.165, 1.54) is 4.68 Å². The van der Waals surface area contributed by atoms with Gasteiger partial charge in [0.15, 0.2) is 11.5 Å². The van der Waals surface area contributed by atoms with Gasteiger partial charge in [-0.2, -0.15) is 19.4 Å². The van der Waals surface area contributed by atoms with Gasteiger partial charge < -0.3 is 14.7 Å². The molecule has 0 amide bonds. The molecule has 1 aliphatic rings. The van der Waals surface area contributed by atoms with E-state index < -0.39 is 0 Å². The average molecular weight is 405 g/mol. The number of fused-ring (bicyclic) bond motifs is 1. The van der Waals surface area contributed by atoms with Crippen LogP contribution in [0, 0.1) is 0 Å². The molecule has 0 spiro atoms. The van der Waals surface area contributed by atoms with Gasteiger partial charge in [0.05, 0.1) is 24.6 Å². The molecule has 9 heteroatoms. The Morgan fingerprint density at radius 1 is 1.03 bits per heavy atom. The fraction of sp³-hybridized carbons (Fsp3) is 0.333. The molecule has 5 heterocycles.